The van der Waals surface area contributed by atoms with Crippen LogP contribution in [0.3, 0.4) is 0 Å². The molecule has 1 aromatic carbocycles. The van der Waals surface area contributed by atoms with E-state index in [4.69, 9.17) is 4.74 Å². The van der Waals surface area contributed by atoms with Crippen LogP contribution in [0.25, 0.3) is 0 Å². The van der Waals surface area contributed by atoms with Crippen LogP contribution in [0.2, 0.25) is 0 Å². The first-order valence-electron chi connectivity index (χ1n) is 6.62. The first kappa shape index (κ1) is 13.1. The second-order valence-corrected chi connectivity index (χ2v) is 5.30. The van der Waals surface area contributed by atoms with Gasteiger partial charge in [0.1, 0.15) is 0 Å². The standard InChI is InChI=1S/C15H21NO2/c1-11(2)8-9-13-14(15(17)16-13)18-10-12-6-4-3-5-7-12/h3-7,11,13-14H,8-10H2,1-2H3,(H,16,17). The largest absolute Gasteiger partial charge is 0.362 e. The summed E-state index contributed by atoms with van der Waals surface area (Å²) in [6, 6.07) is 10.2. The van der Waals surface area contributed by atoms with E-state index in [2.05, 4.69) is 19.2 Å². The highest BCUT2D eigenvalue weighted by atomic mass is 16.5. The maximum absolute atomic E-state index is 11.5. The van der Waals surface area contributed by atoms with Crippen molar-refractivity contribution in [2.45, 2.75) is 45.4 Å². The van der Waals surface area contributed by atoms with Crippen LogP contribution in [-0.2, 0) is 16.1 Å². The number of hydrogen-bond acceptors (Lipinski definition) is 2. The monoisotopic (exact) mass is 247 g/mol. The van der Waals surface area contributed by atoms with Gasteiger partial charge in [0.05, 0.1) is 12.6 Å². The Hall–Kier alpha value is -1.35. The van der Waals surface area contributed by atoms with E-state index in [1.165, 1.54) is 0 Å². The quantitative estimate of drug-likeness (QED) is 0.784. The molecule has 1 N–H and O–H groups in total. The van der Waals surface area contributed by atoms with Crippen molar-refractivity contribution in [3.05, 3.63) is 35.9 Å². The fourth-order valence-corrected chi connectivity index (χ4v) is 2.12. The fourth-order valence-electron chi connectivity index (χ4n) is 2.12. The number of rotatable bonds is 6. The topological polar surface area (TPSA) is 38.3 Å². The third-order valence-electron chi connectivity index (χ3n) is 3.28. The summed E-state index contributed by atoms with van der Waals surface area (Å²) in [5, 5.41) is 2.92. The molecular weight excluding hydrogens is 226 g/mol. The highest BCUT2D eigenvalue weighted by Gasteiger charge is 2.39. The summed E-state index contributed by atoms with van der Waals surface area (Å²) in [6.45, 7) is 4.90. The molecule has 1 aliphatic rings. The van der Waals surface area contributed by atoms with Crippen LogP contribution in [0.15, 0.2) is 30.3 Å². The van der Waals surface area contributed by atoms with Crippen molar-refractivity contribution in [3.63, 3.8) is 0 Å². The minimum atomic E-state index is -0.260. The van der Waals surface area contributed by atoms with Gasteiger partial charge in [0.25, 0.3) is 5.91 Å². The number of benzene rings is 1. The Balaban J connectivity index is 1.79. The Labute approximate surface area is 109 Å². The van der Waals surface area contributed by atoms with Gasteiger partial charge < -0.3 is 10.1 Å². The Morgan fingerprint density at radius 2 is 2.00 bits per heavy atom. The maximum Gasteiger partial charge on any atom is 0.251 e. The van der Waals surface area contributed by atoms with Crippen LogP contribution in [0, 0.1) is 5.92 Å². The maximum atomic E-state index is 11.5. The molecule has 98 valence electrons. The average Bonchev–Trinajstić information content (AvgIpc) is 2.35. The molecule has 1 saturated heterocycles. The Bertz CT molecular complexity index is 389. The fraction of sp³-hybridized carbons (Fsp3) is 0.533. The number of ether oxygens (including phenoxy) is 1. The van der Waals surface area contributed by atoms with Crippen LogP contribution in [-0.4, -0.2) is 18.1 Å². The van der Waals surface area contributed by atoms with E-state index in [-0.39, 0.29) is 18.1 Å². The van der Waals surface area contributed by atoms with Crippen LogP contribution in [0.5, 0.6) is 0 Å². The lowest BCUT2D eigenvalue weighted by Gasteiger charge is -2.36. The predicted octanol–water partition coefficient (Wildman–Crippen LogP) is 2.51. The van der Waals surface area contributed by atoms with Gasteiger partial charge in [-0.15, -0.1) is 0 Å². The van der Waals surface area contributed by atoms with Gasteiger partial charge in [0.15, 0.2) is 6.10 Å². The van der Waals surface area contributed by atoms with Gasteiger partial charge in [0.2, 0.25) is 0 Å². The molecule has 0 aromatic heterocycles. The SMILES string of the molecule is CC(C)CCC1NC(=O)C1OCc1ccccc1. The molecule has 1 aliphatic heterocycles. The summed E-state index contributed by atoms with van der Waals surface area (Å²) in [5.74, 6) is 0.692. The van der Waals surface area contributed by atoms with E-state index in [1.807, 2.05) is 30.3 Å². The smallest absolute Gasteiger partial charge is 0.251 e. The van der Waals surface area contributed by atoms with E-state index in [1.54, 1.807) is 0 Å². The summed E-state index contributed by atoms with van der Waals surface area (Å²) in [6.07, 6.45) is 1.86. The Morgan fingerprint density at radius 3 is 2.61 bits per heavy atom. The molecule has 2 rings (SSSR count). The summed E-state index contributed by atoms with van der Waals surface area (Å²) in [5.41, 5.74) is 1.11. The normalized spacial score (nSPS) is 22.7. The molecule has 0 radical (unpaired) electrons. The van der Waals surface area contributed by atoms with Crippen LogP contribution in [0.4, 0.5) is 0 Å². The first-order chi connectivity index (χ1) is 8.66. The Morgan fingerprint density at radius 1 is 1.28 bits per heavy atom. The number of amides is 1. The minimum Gasteiger partial charge on any atom is -0.362 e. The molecule has 18 heavy (non-hydrogen) atoms. The summed E-state index contributed by atoms with van der Waals surface area (Å²) < 4.78 is 5.71. The molecule has 1 heterocycles. The van der Waals surface area contributed by atoms with Gasteiger partial charge >= 0.3 is 0 Å². The van der Waals surface area contributed by atoms with E-state index in [0.29, 0.717) is 12.5 Å². The van der Waals surface area contributed by atoms with Gasteiger partial charge in [0, 0.05) is 0 Å². The van der Waals surface area contributed by atoms with Crippen molar-refractivity contribution in [1.82, 2.24) is 5.32 Å². The zero-order chi connectivity index (χ0) is 13.0. The molecule has 1 fully saturated rings. The summed E-state index contributed by atoms with van der Waals surface area (Å²) in [7, 11) is 0. The minimum absolute atomic E-state index is 0.0275. The predicted molar refractivity (Wildman–Crippen MR) is 71.0 cm³/mol. The van der Waals surface area contributed by atoms with E-state index >= 15 is 0 Å². The number of nitrogens with one attached hydrogen (secondary N) is 1. The number of carbonyl (C=O) groups excluding carboxylic acids is 1. The van der Waals surface area contributed by atoms with Crippen LogP contribution < -0.4 is 5.32 Å². The second-order valence-electron chi connectivity index (χ2n) is 5.30. The average molecular weight is 247 g/mol. The van der Waals surface area contributed by atoms with Crippen molar-refractivity contribution < 1.29 is 9.53 Å². The Kier molecular flexibility index (Phi) is 4.37. The number of hydrogen-bond donors (Lipinski definition) is 1. The molecule has 1 aromatic rings. The summed E-state index contributed by atoms with van der Waals surface area (Å²) in [4.78, 5) is 11.5. The first-order valence-corrected chi connectivity index (χ1v) is 6.62. The van der Waals surface area contributed by atoms with E-state index in [9.17, 15) is 4.79 Å². The van der Waals surface area contributed by atoms with Crippen molar-refractivity contribution in [3.8, 4) is 0 Å². The molecule has 2 atom stereocenters. The lowest BCUT2D eigenvalue weighted by molar-refractivity contribution is -0.150. The van der Waals surface area contributed by atoms with Gasteiger partial charge in [-0.05, 0) is 24.3 Å². The van der Waals surface area contributed by atoms with Gasteiger partial charge in [-0.3, -0.25) is 4.79 Å². The zero-order valence-electron chi connectivity index (χ0n) is 11.1. The zero-order valence-corrected chi connectivity index (χ0v) is 11.1. The van der Waals surface area contributed by atoms with Crippen molar-refractivity contribution in [2.75, 3.05) is 0 Å². The molecule has 1 amide bonds. The molecule has 0 spiro atoms. The molecule has 3 nitrogen and oxygen atoms in total. The van der Waals surface area contributed by atoms with Gasteiger partial charge in [-0.1, -0.05) is 44.2 Å². The van der Waals surface area contributed by atoms with E-state index < -0.39 is 0 Å². The van der Waals surface area contributed by atoms with E-state index in [0.717, 1.165) is 18.4 Å². The molecule has 0 saturated carbocycles. The molecule has 0 bridgehead atoms. The third-order valence-corrected chi connectivity index (χ3v) is 3.28. The van der Waals surface area contributed by atoms with Gasteiger partial charge in [-0.25, -0.2) is 0 Å². The number of β-lactam (4-membered cyclic amide) rings is 1. The van der Waals surface area contributed by atoms with Crippen LogP contribution in [0.1, 0.15) is 32.3 Å². The molecular formula is C15H21NO2. The van der Waals surface area contributed by atoms with Crippen molar-refractivity contribution in [1.29, 1.82) is 0 Å². The number of carbonyl (C=O) groups is 1. The van der Waals surface area contributed by atoms with Crippen molar-refractivity contribution in [2.24, 2.45) is 5.92 Å². The van der Waals surface area contributed by atoms with Gasteiger partial charge in [-0.2, -0.15) is 0 Å². The summed E-state index contributed by atoms with van der Waals surface area (Å²) >= 11 is 0. The molecule has 0 aliphatic carbocycles. The van der Waals surface area contributed by atoms with Crippen LogP contribution >= 0.6 is 0 Å². The lowest BCUT2D eigenvalue weighted by Crippen LogP contribution is -2.63. The third kappa shape index (κ3) is 3.33. The lowest BCUT2D eigenvalue weighted by atomic mass is 9.93. The highest BCUT2D eigenvalue weighted by Crippen LogP contribution is 2.19. The molecule has 3 heteroatoms. The highest BCUT2D eigenvalue weighted by molar-refractivity contribution is 5.88. The second kappa shape index (κ2) is 6.01. The molecule has 2 unspecified atom stereocenters. The van der Waals surface area contributed by atoms with Crippen molar-refractivity contribution >= 4 is 5.91 Å².